The number of esters is 2. The molecular weight excluding hydrogens is 536 g/mol. The number of nitrogens with zero attached hydrogens (tertiary/aromatic N) is 4. The van der Waals surface area contributed by atoms with Crippen LogP contribution in [0.2, 0.25) is 0 Å². The number of hydrogen-bond acceptors (Lipinski definition) is 12. The van der Waals surface area contributed by atoms with Gasteiger partial charge in [-0.05, 0) is 26.6 Å². The molecule has 1 saturated heterocycles. The fourth-order valence-corrected chi connectivity index (χ4v) is 5.29. The monoisotopic (exact) mass is 586 g/mol. The van der Waals surface area contributed by atoms with Crippen molar-refractivity contribution in [2.24, 2.45) is 5.92 Å². The van der Waals surface area contributed by atoms with Crippen molar-refractivity contribution in [3.8, 4) is 0 Å². The number of hydrogen-bond donors (Lipinski definition) is 0. The number of carbonyl (C=O) groups excluding carboxylic acids is 5. The summed E-state index contributed by atoms with van der Waals surface area (Å²) in [5, 5.41) is 0. The first-order valence-corrected chi connectivity index (χ1v) is 15.6. The molecule has 0 N–H and O–H groups in total. The first-order valence-electron chi connectivity index (χ1n) is 14.5. The van der Waals surface area contributed by atoms with Crippen LogP contribution in [-0.4, -0.2) is 154 Å². The van der Waals surface area contributed by atoms with Gasteiger partial charge in [0.1, 0.15) is 32.1 Å². The van der Waals surface area contributed by atoms with Crippen LogP contribution in [0.5, 0.6) is 0 Å². The Morgan fingerprint density at radius 1 is 0.825 bits per heavy atom. The summed E-state index contributed by atoms with van der Waals surface area (Å²) in [5.41, 5.74) is 0. The van der Waals surface area contributed by atoms with Gasteiger partial charge in [0.2, 0.25) is 0 Å². The lowest BCUT2D eigenvalue weighted by molar-refractivity contribution is -0.154. The lowest BCUT2D eigenvalue weighted by Gasteiger charge is -2.32. The van der Waals surface area contributed by atoms with Crippen molar-refractivity contribution in [2.75, 3.05) is 104 Å². The van der Waals surface area contributed by atoms with E-state index in [1.165, 1.54) is 0 Å². The molecule has 0 radical (unpaired) electrons. The minimum Gasteiger partial charge on any atom is -0.462 e. The highest BCUT2D eigenvalue weighted by atomic mass is 32.2. The van der Waals surface area contributed by atoms with E-state index in [0.29, 0.717) is 51.2 Å². The van der Waals surface area contributed by atoms with Crippen LogP contribution < -0.4 is 0 Å². The van der Waals surface area contributed by atoms with Crippen LogP contribution in [0.1, 0.15) is 39.0 Å². The minimum absolute atomic E-state index is 0.0185. The average molecular weight is 587 g/mol. The molecule has 0 aromatic heterocycles. The predicted molar refractivity (Wildman–Crippen MR) is 157 cm³/mol. The first-order chi connectivity index (χ1) is 19.4. The topological polar surface area (TPSA) is 117 Å². The Hall–Kier alpha value is -1.86. The van der Waals surface area contributed by atoms with Crippen LogP contribution in [0.25, 0.3) is 0 Å². The second-order valence-corrected chi connectivity index (χ2v) is 11.3. The van der Waals surface area contributed by atoms with Crippen LogP contribution in [0.3, 0.4) is 0 Å². The Bertz CT molecular complexity index is 711. The summed E-state index contributed by atoms with van der Waals surface area (Å²) in [6, 6.07) is 0. The summed E-state index contributed by atoms with van der Waals surface area (Å²) >= 11 is 1.62. The molecule has 40 heavy (non-hydrogen) atoms. The number of rotatable bonds is 25. The summed E-state index contributed by atoms with van der Waals surface area (Å²) in [6.45, 7) is 11.2. The van der Waals surface area contributed by atoms with Crippen LogP contribution >= 0.6 is 11.8 Å². The van der Waals surface area contributed by atoms with Crippen molar-refractivity contribution < 1.29 is 33.4 Å². The van der Waals surface area contributed by atoms with Gasteiger partial charge in [0.05, 0.1) is 12.3 Å². The van der Waals surface area contributed by atoms with Gasteiger partial charge in [-0.1, -0.05) is 6.92 Å². The molecule has 1 aliphatic heterocycles. The molecule has 11 nitrogen and oxygen atoms in total. The van der Waals surface area contributed by atoms with Gasteiger partial charge in [0.25, 0.3) is 0 Å². The van der Waals surface area contributed by atoms with E-state index in [0.717, 1.165) is 76.8 Å². The van der Waals surface area contributed by atoms with E-state index in [2.05, 4.69) is 26.6 Å². The third kappa shape index (κ3) is 18.5. The Balaban J connectivity index is 2.17. The summed E-state index contributed by atoms with van der Waals surface area (Å²) in [5.74, 6) is 0.411. The van der Waals surface area contributed by atoms with Gasteiger partial charge < -0.3 is 43.5 Å². The standard InChI is InChI=1S/C28H50N4O7S/c1-26(25-40-24-18-31(11-5-20-34)12-6-21-35)28(37)39-23-22-38-27(36)7-13-30(10-4-19-33)8-3-9-32-16-14-29(2)15-17-32/h19-21,26H,3-18,22-25H2,1-2H3. The van der Waals surface area contributed by atoms with Crippen LogP contribution in [0.4, 0.5) is 0 Å². The van der Waals surface area contributed by atoms with E-state index in [1.807, 2.05) is 0 Å². The minimum atomic E-state index is -0.344. The maximum absolute atomic E-state index is 12.2. The smallest absolute Gasteiger partial charge is 0.309 e. The van der Waals surface area contributed by atoms with Crippen LogP contribution in [0.15, 0.2) is 0 Å². The highest BCUT2D eigenvalue weighted by Crippen LogP contribution is 2.11. The zero-order valence-corrected chi connectivity index (χ0v) is 25.3. The van der Waals surface area contributed by atoms with Crippen LogP contribution in [-0.2, 0) is 33.4 Å². The predicted octanol–water partition coefficient (Wildman–Crippen LogP) is 0.841. The zero-order chi connectivity index (χ0) is 29.4. The van der Waals surface area contributed by atoms with Gasteiger partial charge in [-0.2, -0.15) is 11.8 Å². The molecule has 0 aromatic rings. The number of carbonyl (C=O) groups is 5. The third-order valence-electron chi connectivity index (χ3n) is 6.78. The molecule has 1 aliphatic rings. The molecule has 1 fully saturated rings. The number of ether oxygens (including phenoxy) is 2. The molecule has 0 aliphatic carbocycles. The quantitative estimate of drug-likeness (QED) is 0.0857. The Labute approximate surface area is 244 Å². The molecule has 1 unspecified atom stereocenters. The van der Waals surface area contributed by atoms with Crippen molar-refractivity contribution in [1.29, 1.82) is 0 Å². The number of likely N-dealkylation sites (N-methyl/N-ethyl adjacent to an activating group) is 1. The Kier molecular flexibility index (Phi) is 21.5. The van der Waals surface area contributed by atoms with Gasteiger partial charge in [-0.15, -0.1) is 0 Å². The molecule has 12 heteroatoms. The van der Waals surface area contributed by atoms with Gasteiger partial charge in [-0.25, -0.2) is 0 Å². The maximum Gasteiger partial charge on any atom is 0.309 e. The number of thioether (sulfide) groups is 1. The lowest BCUT2D eigenvalue weighted by Crippen LogP contribution is -2.45. The molecule has 0 amide bonds. The van der Waals surface area contributed by atoms with E-state index in [-0.39, 0.29) is 37.5 Å². The van der Waals surface area contributed by atoms with Gasteiger partial charge >= 0.3 is 11.9 Å². The largest absolute Gasteiger partial charge is 0.462 e. The summed E-state index contributed by atoms with van der Waals surface area (Å²) in [4.78, 5) is 65.5. The second-order valence-electron chi connectivity index (χ2n) is 10.2. The Morgan fingerprint density at radius 3 is 2.00 bits per heavy atom. The van der Waals surface area contributed by atoms with Gasteiger partial charge in [0.15, 0.2) is 0 Å². The molecule has 0 bridgehead atoms. The molecule has 0 saturated carbocycles. The van der Waals surface area contributed by atoms with E-state index in [1.54, 1.807) is 18.7 Å². The molecule has 230 valence electrons. The van der Waals surface area contributed by atoms with Gasteiger partial charge in [-0.3, -0.25) is 9.59 Å². The number of piperazine rings is 1. The molecule has 1 rings (SSSR count). The van der Waals surface area contributed by atoms with Gasteiger partial charge in [0, 0.05) is 89.7 Å². The summed E-state index contributed by atoms with van der Waals surface area (Å²) in [6.07, 6.45) is 5.18. The maximum atomic E-state index is 12.2. The van der Waals surface area contributed by atoms with E-state index >= 15 is 0 Å². The van der Waals surface area contributed by atoms with E-state index in [4.69, 9.17) is 9.47 Å². The normalized spacial score (nSPS) is 15.2. The fraction of sp³-hybridized carbons (Fsp3) is 0.821. The van der Waals surface area contributed by atoms with Crippen molar-refractivity contribution in [2.45, 2.75) is 39.0 Å². The average Bonchev–Trinajstić information content (AvgIpc) is 2.96. The van der Waals surface area contributed by atoms with E-state index in [9.17, 15) is 24.0 Å². The van der Waals surface area contributed by atoms with Crippen molar-refractivity contribution in [3.05, 3.63) is 0 Å². The first kappa shape index (κ1) is 36.2. The summed E-state index contributed by atoms with van der Waals surface area (Å²) in [7, 11) is 2.14. The molecule has 0 spiro atoms. The van der Waals surface area contributed by atoms with Crippen molar-refractivity contribution >= 4 is 42.6 Å². The highest BCUT2D eigenvalue weighted by Gasteiger charge is 2.16. The van der Waals surface area contributed by atoms with E-state index < -0.39 is 0 Å². The van der Waals surface area contributed by atoms with Crippen molar-refractivity contribution in [3.63, 3.8) is 0 Å². The van der Waals surface area contributed by atoms with Crippen molar-refractivity contribution in [1.82, 2.24) is 19.6 Å². The molecule has 0 aromatic carbocycles. The molecule has 1 atom stereocenters. The SMILES string of the molecule is CC(CSCCN(CCC=O)CCC=O)C(=O)OCCOC(=O)CCN(CCC=O)CCCN1CCN(C)CC1. The fourth-order valence-electron chi connectivity index (χ4n) is 4.25. The second kappa shape index (κ2) is 23.8. The molecular formula is C28H50N4O7S. The third-order valence-corrected chi connectivity index (χ3v) is 7.99. The highest BCUT2D eigenvalue weighted by molar-refractivity contribution is 7.99. The lowest BCUT2D eigenvalue weighted by atomic mass is 10.2. The Morgan fingerprint density at radius 2 is 1.40 bits per heavy atom. The number of aldehydes is 3. The van der Waals surface area contributed by atoms with Crippen LogP contribution in [0, 0.1) is 5.92 Å². The molecule has 1 heterocycles. The summed E-state index contributed by atoms with van der Waals surface area (Å²) < 4.78 is 10.5. The zero-order valence-electron chi connectivity index (χ0n) is 24.5.